The number of ether oxygens (including phenoxy) is 1. The number of hydrogen-bond donors (Lipinski definition) is 1. The van der Waals surface area contributed by atoms with Crippen LogP contribution in [0.3, 0.4) is 0 Å². The molecule has 0 bridgehead atoms. The Balaban J connectivity index is 2.61. The van der Waals surface area contributed by atoms with Crippen molar-refractivity contribution >= 4 is 14.0 Å². The Bertz CT molecular complexity index is 510. The van der Waals surface area contributed by atoms with Crippen LogP contribution in [0.1, 0.15) is 33.3 Å². The first-order valence-corrected chi connectivity index (χ1v) is 11.2. The van der Waals surface area contributed by atoms with Gasteiger partial charge in [0.2, 0.25) is 5.91 Å². The maximum absolute atomic E-state index is 11.4. The number of amides is 1. The van der Waals surface area contributed by atoms with E-state index in [0.717, 1.165) is 16.5 Å². The normalized spacial score (nSPS) is 13.7. The maximum atomic E-state index is 11.4. The van der Waals surface area contributed by atoms with Crippen molar-refractivity contribution in [3.05, 3.63) is 35.3 Å². The molecule has 0 saturated carbocycles. The zero-order valence-corrected chi connectivity index (χ0v) is 16.2. The highest BCUT2D eigenvalue weighted by Crippen LogP contribution is 2.35. The lowest BCUT2D eigenvalue weighted by atomic mass is 10.1. The van der Waals surface area contributed by atoms with Crippen LogP contribution in [0.2, 0.25) is 18.1 Å². The molecule has 1 heterocycles. The van der Waals surface area contributed by atoms with E-state index in [-0.39, 0.29) is 17.0 Å². The number of rotatable bonds is 7. The minimum Gasteiger partial charge on any atom is -0.619 e. The molecule has 0 saturated heterocycles. The molecule has 1 amide bonds. The monoisotopic (exact) mass is 338 g/mol. The van der Waals surface area contributed by atoms with E-state index in [9.17, 15) is 10.0 Å². The van der Waals surface area contributed by atoms with Crippen molar-refractivity contribution in [3.63, 3.8) is 0 Å². The van der Waals surface area contributed by atoms with Crippen LogP contribution in [0.25, 0.3) is 0 Å². The molecule has 0 spiro atoms. The predicted octanol–water partition coefficient (Wildman–Crippen LogP) is 2.43. The van der Waals surface area contributed by atoms with Gasteiger partial charge in [-0.1, -0.05) is 33.9 Å². The molecule has 0 aliphatic heterocycles. The zero-order chi connectivity index (χ0) is 17.7. The number of pyridine rings is 1. The summed E-state index contributed by atoms with van der Waals surface area (Å²) in [5.41, 5.74) is 1.01. The van der Waals surface area contributed by atoms with Crippen molar-refractivity contribution in [2.75, 3.05) is 12.8 Å². The van der Waals surface area contributed by atoms with Crippen LogP contribution >= 0.6 is 0 Å². The molecule has 23 heavy (non-hydrogen) atoms. The maximum Gasteiger partial charge on any atom is 0.217 e. The Morgan fingerprint density at radius 1 is 1.35 bits per heavy atom. The van der Waals surface area contributed by atoms with Gasteiger partial charge in [0.05, 0.1) is 20.7 Å². The first kappa shape index (κ1) is 19.6. The van der Waals surface area contributed by atoms with Crippen molar-refractivity contribution in [1.29, 1.82) is 0 Å². The van der Waals surface area contributed by atoms with Crippen molar-refractivity contribution in [3.8, 4) is 0 Å². The second kappa shape index (κ2) is 7.92. The van der Waals surface area contributed by atoms with Gasteiger partial charge in [0.15, 0.2) is 12.4 Å². The predicted molar refractivity (Wildman–Crippen MR) is 94.7 cm³/mol. The van der Waals surface area contributed by atoms with Gasteiger partial charge in [-0.25, -0.2) is 0 Å². The van der Waals surface area contributed by atoms with Crippen LogP contribution in [-0.4, -0.2) is 32.9 Å². The van der Waals surface area contributed by atoms with Crippen LogP contribution in [0.4, 0.5) is 0 Å². The van der Waals surface area contributed by atoms with E-state index in [0.29, 0.717) is 13.0 Å². The van der Waals surface area contributed by atoms with Gasteiger partial charge in [0, 0.05) is 25.3 Å². The van der Waals surface area contributed by atoms with Gasteiger partial charge < -0.3 is 15.3 Å². The lowest BCUT2D eigenvalue weighted by Crippen LogP contribution is -2.45. The third kappa shape index (κ3) is 6.70. The van der Waals surface area contributed by atoms with Gasteiger partial charge in [-0.15, -0.1) is 0 Å². The summed E-state index contributed by atoms with van der Waals surface area (Å²) >= 11 is 0. The van der Waals surface area contributed by atoms with Crippen LogP contribution in [-0.2, 0) is 16.0 Å². The highest BCUT2D eigenvalue weighted by atomic mass is 28.3. The Morgan fingerprint density at radius 3 is 2.39 bits per heavy atom. The van der Waals surface area contributed by atoms with Crippen molar-refractivity contribution in [2.45, 2.75) is 58.3 Å². The van der Waals surface area contributed by atoms with Crippen molar-refractivity contribution < 1.29 is 14.3 Å². The third-order valence-electron chi connectivity index (χ3n) is 4.57. The van der Waals surface area contributed by atoms with E-state index in [1.165, 1.54) is 19.3 Å². The second-order valence-corrected chi connectivity index (χ2v) is 13.4. The van der Waals surface area contributed by atoms with Crippen molar-refractivity contribution in [1.82, 2.24) is 5.32 Å². The highest BCUT2D eigenvalue weighted by molar-refractivity contribution is 6.80. The lowest BCUT2D eigenvalue weighted by Gasteiger charge is -2.36. The summed E-state index contributed by atoms with van der Waals surface area (Å²) in [6.07, 6.45) is 4.35. The SMILES string of the molecule is CC(=O)NC(COC[Si](C)(C)C(C)(C)C)Cc1cc[n+]([O-])cc1. The molecule has 1 aromatic rings. The van der Waals surface area contributed by atoms with Crippen LogP contribution in [0.5, 0.6) is 0 Å². The molecule has 0 aliphatic rings. The smallest absolute Gasteiger partial charge is 0.217 e. The van der Waals surface area contributed by atoms with Gasteiger partial charge in [-0.2, -0.15) is 4.73 Å². The molecule has 130 valence electrons. The molecule has 1 atom stereocenters. The van der Waals surface area contributed by atoms with E-state index >= 15 is 0 Å². The van der Waals surface area contributed by atoms with Crippen molar-refractivity contribution in [2.24, 2.45) is 0 Å². The fourth-order valence-corrected chi connectivity index (χ4v) is 3.04. The summed E-state index contributed by atoms with van der Waals surface area (Å²) in [7, 11) is -1.49. The molecule has 1 unspecified atom stereocenters. The molecule has 1 N–H and O–H groups in total. The fraction of sp³-hybridized carbons (Fsp3) is 0.647. The van der Waals surface area contributed by atoms with E-state index in [4.69, 9.17) is 4.74 Å². The van der Waals surface area contributed by atoms with Gasteiger partial charge in [-0.3, -0.25) is 4.79 Å². The largest absolute Gasteiger partial charge is 0.619 e. The lowest BCUT2D eigenvalue weighted by molar-refractivity contribution is -0.605. The molecule has 1 aromatic heterocycles. The fourth-order valence-electron chi connectivity index (χ4n) is 1.98. The summed E-state index contributed by atoms with van der Waals surface area (Å²) in [4.78, 5) is 11.4. The van der Waals surface area contributed by atoms with Crippen LogP contribution in [0, 0.1) is 5.21 Å². The van der Waals surface area contributed by atoms with Gasteiger partial charge >= 0.3 is 0 Å². The van der Waals surface area contributed by atoms with E-state index in [2.05, 4.69) is 39.2 Å². The number of nitrogens with zero attached hydrogens (tertiary/aromatic N) is 1. The number of carbonyl (C=O) groups is 1. The van der Waals surface area contributed by atoms with E-state index < -0.39 is 8.07 Å². The van der Waals surface area contributed by atoms with E-state index in [1.54, 1.807) is 12.1 Å². The van der Waals surface area contributed by atoms with E-state index in [1.807, 2.05) is 0 Å². The van der Waals surface area contributed by atoms with Crippen LogP contribution in [0.15, 0.2) is 24.5 Å². The topological polar surface area (TPSA) is 65.3 Å². The van der Waals surface area contributed by atoms with Gasteiger partial charge in [-0.05, 0) is 17.0 Å². The molecule has 0 fully saturated rings. The summed E-state index contributed by atoms with van der Waals surface area (Å²) in [6.45, 7) is 13.4. The Labute approximate surface area is 140 Å². The summed E-state index contributed by atoms with van der Waals surface area (Å²) in [6, 6.07) is 3.46. The standard InChI is InChI=1S/C17H30N2O3Si/c1-14(20)18-16(11-15-7-9-19(21)10-8-15)12-22-13-23(5,6)17(2,3)4/h7-10,16H,11-13H2,1-6H3,(H,18,20). The van der Waals surface area contributed by atoms with Gasteiger partial charge in [0.1, 0.15) is 0 Å². The zero-order valence-electron chi connectivity index (χ0n) is 15.2. The molecular formula is C17H30N2O3Si. The second-order valence-electron chi connectivity index (χ2n) is 7.82. The number of aromatic nitrogens is 1. The first-order valence-electron chi connectivity index (χ1n) is 8.04. The Kier molecular flexibility index (Phi) is 6.77. The number of carbonyl (C=O) groups excluding carboxylic acids is 1. The molecule has 1 rings (SSSR count). The highest BCUT2D eigenvalue weighted by Gasteiger charge is 2.35. The molecule has 0 aromatic carbocycles. The third-order valence-corrected chi connectivity index (χ3v) is 9.56. The quantitative estimate of drug-likeness (QED) is 0.472. The summed E-state index contributed by atoms with van der Waals surface area (Å²) in [5.74, 6) is -0.0688. The van der Waals surface area contributed by atoms with Gasteiger partial charge in [0.25, 0.3) is 0 Å². The molecular weight excluding hydrogens is 308 g/mol. The number of hydrogen-bond acceptors (Lipinski definition) is 3. The van der Waals surface area contributed by atoms with Crippen LogP contribution < -0.4 is 10.0 Å². The first-order chi connectivity index (χ1) is 10.5. The number of nitrogens with one attached hydrogen (secondary N) is 1. The molecule has 0 aliphatic carbocycles. The summed E-state index contributed by atoms with van der Waals surface area (Å²) < 4.78 is 6.72. The minimum atomic E-state index is -1.49. The average molecular weight is 339 g/mol. The summed E-state index contributed by atoms with van der Waals surface area (Å²) in [5, 5.41) is 14.3. The Hall–Kier alpha value is -1.40. The average Bonchev–Trinajstić information content (AvgIpc) is 2.39. The molecule has 0 radical (unpaired) electrons. The minimum absolute atomic E-state index is 0.0688. The Morgan fingerprint density at radius 2 is 1.91 bits per heavy atom. The molecule has 6 heteroatoms. The molecule has 5 nitrogen and oxygen atoms in total.